The largest absolute Gasteiger partial charge is 0.0651 e. The van der Waals surface area contributed by atoms with E-state index in [0.717, 1.165) is 29.1 Å². The molecule has 1 spiro atoms. The molecule has 0 aromatic heterocycles. The first-order valence-corrected chi connectivity index (χ1v) is 5.63. The van der Waals surface area contributed by atoms with E-state index in [0.29, 0.717) is 0 Å². The molecule has 2 aliphatic rings. The molecule has 4 unspecified atom stereocenters. The first-order chi connectivity index (χ1) is 5.63. The monoisotopic (exact) mass is 166 g/mol. The minimum absolute atomic E-state index is 0.792. The van der Waals surface area contributed by atoms with Crippen molar-refractivity contribution in [3.63, 3.8) is 0 Å². The molecule has 0 heterocycles. The van der Waals surface area contributed by atoms with Crippen LogP contribution in [0.2, 0.25) is 0 Å². The molecule has 70 valence electrons. The lowest BCUT2D eigenvalue weighted by Crippen LogP contribution is -2.07. The molecule has 0 saturated heterocycles. The van der Waals surface area contributed by atoms with Gasteiger partial charge in [0.25, 0.3) is 0 Å². The Morgan fingerprint density at radius 3 is 2.00 bits per heavy atom. The van der Waals surface area contributed by atoms with Crippen LogP contribution >= 0.6 is 0 Å². The average Bonchev–Trinajstić information content (AvgIpc) is 2.48. The van der Waals surface area contributed by atoms with Gasteiger partial charge in [0.1, 0.15) is 0 Å². The second-order valence-electron chi connectivity index (χ2n) is 5.30. The summed E-state index contributed by atoms with van der Waals surface area (Å²) in [5, 5.41) is 0. The predicted molar refractivity (Wildman–Crippen MR) is 52.9 cm³/mol. The molecule has 2 rings (SSSR count). The summed E-state index contributed by atoms with van der Waals surface area (Å²) in [6, 6.07) is 0. The molecular weight excluding hydrogens is 144 g/mol. The number of hydrogen-bond acceptors (Lipinski definition) is 0. The predicted octanol–water partition coefficient (Wildman–Crippen LogP) is 3.71. The maximum absolute atomic E-state index is 2.48. The van der Waals surface area contributed by atoms with Crippen LogP contribution in [0.5, 0.6) is 0 Å². The highest BCUT2D eigenvalue weighted by Gasteiger charge is 2.64. The first kappa shape index (κ1) is 8.59. The zero-order chi connectivity index (χ0) is 8.93. The van der Waals surface area contributed by atoms with E-state index in [1.165, 1.54) is 19.3 Å². The molecular formula is C12H22. The molecule has 0 heteroatoms. The van der Waals surface area contributed by atoms with Crippen molar-refractivity contribution in [2.75, 3.05) is 0 Å². The van der Waals surface area contributed by atoms with E-state index in [1.807, 2.05) is 0 Å². The van der Waals surface area contributed by atoms with Crippen molar-refractivity contribution in [2.24, 2.45) is 29.1 Å². The van der Waals surface area contributed by atoms with Gasteiger partial charge in [-0.15, -0.1) is 0 Å². The smallest absolute Gasteiger partial charge is 0.0212 e. The Labute approximate surface area is 76.7 Å². The maximum atomic E-state index is 2.48. The van der Waals surface area contributed by atoms with Crippen LogP contribution in [-0.4, -0.2) is 0 Å². The zero-order valence-corrected chi connectivity index (χ0v) is 8.93. The van der Waals surface area contributed by atoms with Gasteiger partial charge >= 0.3 is 0 Å². The summed E-state index contributed by atoms with van der Waals surface area (Å²) in [4.78, 5) is 0. The summed E-state index contributed by atoms with van der Waals surface area (Å²) >= 11 is 0. The Balaban J connectivity index is 2.10. The van der Waals surface area contributed by atoms with E-state index < -0.39 is 0 Å². The summed E-state index contributed by atoms with van der Waals surface area (Å²) in [6.45, 7) is 9.75. The van der Waals surface area contributed by atoms with Gasteiger partial charge in [-0.05, 0) is 41.9 Å². The second kappa shape index (κ2) is 2.49. The van der Waals surface area contributed by atoms with Gasteiger partial charge in [-0.25, -0.2) is 0 Å². The van der Waals surface area contributed by atoms with Crippen molar-refractivity contribution in [1.82, 2.24) is 0 Å². The quantitative estimate of drug-likeness (QED) is 0.557. The van der Waals surface area contributed by atoms with Gasteiger partial charge in [0, 0.05) is 0 Å². The zero-order valence-electron chi connectivity index (χ0n) is 8.93. The summed E-state index contributed by atoms with van der Waals surface area (Å²) in [5.74, 6) is 4.09. The molecule has 2 saturated carbocycles. The Kier molecular flexibility index (Phi) is 1.79. The molecule has 0 aromatic carbocycles. The van der Waals surface area contributed by atoms with Gasteiger partial charge in [-0.2, -0.15) is 0 Å². The SMILES string of the molecule is CCC1CC(C)C2(C1)C(C)C2C. The van der Waals surface area contributed by atoms with Crippen molar-refractivity contribution in [1.29, 1.82) is 0 Å². The lowest BCUT2D eigenvalue weighted by molar-refractivity contribution is 0.342. The molecule has 12 heavy (non-hydrogen) atoms. The molecule has 0 amide bonds. The molecule has 2 fully saturated rings. The fourth-order valence-corrected chi connectivity index (χ4v) is 3.98. The van der Waals surface area contributed by atoms with Crippen LogP contribution in [0.4, 0.5) is 0 Å². The minimum atomic E-state index is 0.792. The van der Waals surface area contributed by atoms with Crippen LogP contribution in [0.3, 0.4) is 0 Å². The van der Waals surface area contributed by atoms with Gasteiger partial charge in [0.15, 0.2) is 0 Å². The van der Waals surface area contributed by atoms with Crippen LogP contribution in [0, 0.1) is 29.1 Å². The fraction of sp³-hybridized carbons (Fsp3) is 1.00. The summed E-state index contributed by atoms with van der Waals surface area (Å²) < 4.78 is 0. The third kappa shape index (κ3) is 0.843. The Morgan fingerprint density at radius 1 is 1.17 bits per heavy atom. The molecule has 0 radical (unpaired) electrons. The molecule has 0 bridgehead atoms. The first-order valence-electron chi connectivity index (χ1n) is 5.63. The van der Waals surface area contributed by atoms with E-state index >= 15 is 0 Å². The highest BCUT2D eigenvalue weighted by atomic mass is 14.7. The van der Waals surface area contributed by atoms with E-state index in [2.05, 4.69) is 27.7 Å². The van der Waals surface area contributed by atoms with Gasteiger partial charge in [-0.3, -0.25) is 0 Å². The molecule has 0 N–H and O–H groups in total. The van der Waals surface area contributed by atoms with Crippen LogP contribution in [0.1, 0.15) is 47.0 Å². The molecule has 4 atom stereocenters. The Bertz CT molecular complexity index is 174. The van der Waals surface area contributed by atoms with Crippen LogP contribution in [0.15, 0.2) is 0 Å². The van der Waals surface area contributed by atoms with E-state index in [1.54, 1.807) is 0 Å². The maximum Gasteiger partial charge on any atom is -0.0212 e. The minimum Gasteiger partial charge on any atom is -0.0651 e. The average molecular weight is 166 g/mol. The van der Waals surface area contributed by atoms with Crippen LogP contribution in [0.25, 0.3) is 0 Å². The second-order valence-corrected chi connectivity index (χ2v) is 5.30. The topological polar surface area (TPSA) is 0 Å². The summed E-state index contributed by atoms with van der Waals surface area (Å²) in [7, 11) is 0. The van der Waals surface area contributed by atoms with Gasteiger partial charge in [0.05, 0.1) is 0 Å². The van der Waals surface area contributed by atoms with Crippen molar-refractivity contribution >= 4 is 0 Å². The van der Waals surface area contributed by atoms with Crippen molar-refractivity contribution in [2.45, 2.75) is 47.0 Å². The van der Waals surface area contributed by atoms with E-state index in [9.17, 15) is 0 Å². The third-order valence-corrected chi connectivity index (χ3v) is 5.16. The number of rotatable bonds is 1. The molecule has 2 aliphatic carbocycles. The van der Waals surface area contributed by atoms with Crippen molar-refractivity contribution in [3.05, 3.63) is 0 Å². The van der Waals surface area contributed by atoms with Crippen LogP contribution in [-0.2, 0) is 0 Å². The van der Waals surface area contributed by atoms with Gasteiger partial charge < -0.3 is 0 Å². The lowest BCUT2D eigenvalue weighted by atomic mass is 9.90. The Morgan fingerprint density at radius 2 is 1.75 bits per heavy atom. The number of hydrogen-bond donors (Lipinski definition) is 0. The van der Waals surface area contributed by atoms with E-state index in [4.69, 9.17) is 0 Å². The lowest BCUT2D eigenvalue weighted by Gasteiger charge is -2.14. The summed E-state index contributed by atoms with van der Waals surface area (Å²) in [5.41, 5.74) is 0.792. The summed E-state index contributed by atoms with van der Waals surface area (Å²) in [6.07, 6.45) is 4.45. The molecule has 0 nitrogen and oxygen atoms in total. The standard InChI is InChI=1S/C12H22/c1-5-11-6-8(2)12(7-11)9(3)10(12)4/h8-11H,5-7H2,1-4H3. The highest BCUT2D eigenvalue weighted by Crippen LogP contribution is 2.71. The molecule has 0 aliphatic heterocycles. The van der Waals surface area contributed by atoms with Gasteiger partial charge in [-0.1, -0.05) is 34.1 Å². The Hall–Kier alpha value is 0. The fourth-order valence-electron chi connectivity index (χ4n) is 3.98. The third-order valence-electron chi connectivity index (χ3n) is 5.16. The molecule has 0 aromatic rings. The van der Waals surface area contributed by atoms with E-state index in [-0.39, 0.29) is 0 Å². The van der Waals surface area contributed by atoms with Crippen LogP contribution < -0.4 is 0 Å². The van der Waals surface area contributed by atoms with Crippen molar-refractivity contribution < 1.29 is 0 Å². The van der Waals surface area contributed by atoms with Gasteiger partial charge in [0.2, 0.25) is 0 Å². The normalized spacial score (nSPS) is 58.0. The van der Waals surface area contributed by atoms with Crippen molar-refractivity contribution in [3.8, 4) is 0 Å². The highest BCUT2D eigenvalue weighted by molar-refractivity contribution is 5.12.